The average molecular weight is 369 g/mol. The van der Waals surface area contributed by atoms with Gasteiger partial charge in [0.2, 0.25) is 5.91 Å². The molecule has 1 aliphatic carbocycles. The molecular formula is C20H24FN5O. The number of carbonyl (C=O) groups is 1. The molecule has 2 aromatic rings. The molecule has 1 saturated carbocycles. The normalized spacial score (nSPS) is 24.4. The molecule has 7 heteroatoms. The lowest BCUT2D eigenvalue weighted by Crippen LogP contribution is -2.37. The van der Waals surface area contributed by atoms with E-state index in [0.717, 1.165) is 31.5 Å². The molecule has 0 spiro atoms. The van der Waals surface area contributed by atoms with E-state index in [4.69, 9.17) is 5.73 Å². The molecule has 2 fully saturated rings. The number of halogens is 1. The largest absolute Gasteiger partial charge is 0.384 e. The Kier molecular flexibility index (Phi) is 4.78. The van der Waals surface area contributed by atoms with Gasteiger partial charge in [-0.3, -0.25) is 9.69 Å². The first kappa shape index (κ1) is 17.9. The van der Waals surface area contributed by atoms with Gasteiger partial charge in [0.1, 0.15) is 17.5 Å². The van der Waals surface area contributed by atoms with Gasteiger partial charge in [-0.25, -0.2) is 14.4 Å². The Labute approximate surface area is 158 Å². The molecule has 1 aromatic carbocycles. The molecule has 6 nitrogen and oxygen atoms in total. The first-order valence-corrected chi connectivity index (χ1v) is 9.33. The highest BCUT2D eigenvalue weighted by molar-refractivity contribution is 5.83. The summed E-state index contributed by atoms with van der Waals surface area (Å²) in [5, 5.41) is 0. The summed E-state index contributed by atoms with van der Waals surface area (Å²) in [6, 6.07) is 8.48. The van der Waals surface area contributed by atoms with Crippen LogP contribution < -0.4 is 5.73 Å². The Morgan fingerprint density at radius 1 is 1.33 bits per heavy atom. The molecule has 0 bridgehead atoms. The molecule has 3 atom stereocenters. The number of aromatic nitrogens is 2. The molecule has 1 aromatic heterocycles. The lowest BCUT2D eigenvalue weighted by Gasteiger charge is -2.24. The fourth-order valence-corrected chi connectivity index (χ4v) is 3.93. The quantitative estimate of drug-likeness (QED) is 0.873. The van der Waals surface area contributed by atoms with Crippen LogP contribution in [0.1, 0.15) is 30.1 Å². The molecule has 0 unspecified atom stereocenters. The molecule has 1 amide bonds. The van der Waals surface area contributed by atoms with Crippen molar-refractivity contribution in [1.82, 2.24) is 19.8 Å². The molecule has 1 aliphatic heterocycles. The fraction of sp³-hybridized carbons (Fsp3) is 0.450. The van der Waals surface area contributed by atoms with Gasteiger partial charge in [0.25, 0.3) is 0 Å². The summed E-state index contributed by atoms with van der Waals surface area (Å²) in [5.41, 5.74) is 6.77. The van der Waals surface area contributed by atoms with Gasteiger partial charge in [-0.15, -0.1) is 0 Å². The van der Waals surface area contributed by atoms with Crippen LogP contribution in [0.4, 0.5) is 10.2 Å². The number of likely N-dealkylation sites (N-methyl/N-ethyl adjacent to an activating group) is 1. The van der Waals surface area contributed by atoms with Crippen LogP contribution in [0.2, 0.25) is 0 Å². The van der Waals surface area contributed by atoms with Crippen molar-refractivity contribution in [3.8, 4) is 0 Å². The van der Waals surface area contributed by atoms with Crippen LogP contribution in [0.25, 0.3) is 0 Å². The minimum Gasteiger partial charge on any atom is -0.384 e. The number of likely N-dealkylation sites (tertiary alicyclic amines) is 1. The first-order valence-electron chi connectivity index (χ1n) is 9.33. The molecule has 142 valence electrons. The summed E-state index contributed by atoms with van der Waals surface area (Å²) < 4.78 is 13.1. The van der Waals surface area contributed by atoms with Crippen LogP contribution in [0, 0.1) is 11.7 Å². The Morgan fingerprint density at radius 3 is 2.85 bits per heavy atom. The van der Waals surface area contributed by atoms with Gasteiger partial charge in [0.15, 0.2) is 0 Å². The second kappa shape index (κ2) is 7.23. The van der Waals surface area contributed by atoms with Crippen LogP contribution >= 0.6 is 0 Å². The number of carbonyl (C=O) groups excluding carboxylic acids is 1. The molecular weight excluding hydrogens is 345 g/mol. The van der Waals surface area contributed by atoms with E-state index < -0.39 is 0 Å². The van der Waals surface area contributed by atoms with E-state index in [1.165, 1.54) is 12.1 Å². The minimum absolute atomic E-state index is 0.0387. The summed E-state index contributed by atoms with van der Waals surface area (Å²) in [6.45, 7) is 2.11. The molecule has 27 heavy (non-hydrogen) atoms. The van der Waals surface area contributed by atoms with Gasteiger partial charge < -0.3 is 10.6 Å². The molecule has 4 rings (SSSR count). The standard InChI is InChI=1S/C20H24FN5O/c1-25(12-19-23-8-6-18(22)24-19)15-7-9-26(11-15)20(27)17-10-16(17)13-2-4-14(21)5-3-13/h2-6,8,15-17H,7,9-12H2,1H3,(H2,22,23,24)/t15-,16-,17+/m1/s1. The Balaban J connectivity index is 1.31. The predicted octanol–water partition coefficient (Wildman–Crippen LogP) is 2.03. The average Bonchev–Trinajstić information content (AvgIpc) is 3.28. The van der Waals surface area contributed by atoms with Gasteiger partial charge >= 0.3 is 0 Å². The Hall–Kier alpha value is -2.54. The first-order chi connectivity index (χ1) is 13.0. The van der Waals surface area contributed by atoms with Gasteiger partial charge in [0.05, 0.1) is 6.54 Å². The zero-order valence-corrected chi connectivity index (χ0v) is 15.4. The molecule has 2 N–H and O–H groups in total. The lowest BCUT2D eigenvalue weighted by molar-refractivity contribution is -0.131. The highest BCUT2D eigenvalue weighted by atomic mass is 19.1. The number of anilines is 1. The summed E-state index contributed by atoms with van der Waals surface area (Å²) in [5.74, 6) is 1.42. The smallest absolute Gasteiger partial charge is 0.226 e. The van der Waals surface area contributed by atoms with E-state index in [1.54, 1.807) is 24.4 Å². The number of nitrogens with two attached hydrogens (primary N) is 1. The van der Waals surface area contributed by atoms with Crippen molar-refractivity contribution in [2.45, 2.75) is 31.3 Å². The maximum absolute atomic E-state index is 13.1. The van der Waals surface area contributed by atoms with Crippen LogP contribution in [-0.2, 0) is 11.3 Å². The topological polar surface area (TPSA) is 75.4 Å². The maximum atomic E-state index is 13.1. The van der Waals surface area contributed by atoms with E-state index in [2.05, 4.69) is 14.9 Å². The SMILES string of the molecule is CN(Cc1nccc(N)n1)[C@@H]1CCN(C(=O)[C@H]2C[C@@H]2c2ccc(F)cc2)C1. The van der Waals surface area contributed by atoms with E-state index in [0.29, 0.717) is 24.2 Å². The van der Waals surface area contributed by atoms with Crippen LogP contribution in [0.3, 0.4) is 0 Å². The van der Waals surface area contributed by atoms with Crippen LogP contribution in [-0.4, -0.2) is 51.9 Å². The van der Waals surface area contributed by atoms with Gasteiger partial charge in [0, 0.05) is 31.2 Å². The molecule has 0 radical (unpaired) electrons. The Bertz CT molecular complexity index is 827. The summed E-state index contributed by atoms with van der Waals surface area (Å²) >= 11 is 0. The Morgan fingerprint density at radius 2 is 2.11 bits per heavy atom. The zero-order valence-electron chi connectivity index (χ0n) is 15.4. The number of amides is 1. The minimum atomic E-state index is -0.239. The third-order valence-electron chi connectivity index (χ3n) is 5.62. The number of hydrogen-bond donors (Lipinski definition) is 1. The fourth-order valence-electron chi connectivity index (χ4n) is 3.93. The zero-order chi connectivity index (χ0) is 19.0. The van der Waals surface area contributed by atoms with E-state index in [-0.39, 0.29) is 23.6 Å². The highest BCUT2D eigenvalue weighted by Crippen LogP contribution is 2.48. The van der Waals surface area contributed by atoms with Gasteiger partial charge in [-0.2, -0.15) is 0 Å². The van der Waals surface area contributed by atoms with Crippen molar-refractivity contribution in [3.05, 3.63) is 53.7 Å². The number of hydrogen-bond acceptors (Lipinski definition) is 5. The van der Waals surface area contributed by atoms with E-state index >= 15 is 0 Å². The lowest BCUT2D eigenvalue weighted by atomic mass is 10.1. The van der Waals surface area contributed by atoms with Crippen molar-refractivity contribution in [1.29, 1.82) is 0 Å². The summed E-state index contributed by atoms with van der Waals surface area (Å²) in [6.07, 6.45) is 3.47. The molecule has 2 aliphatic rings. The second-order valence-corrected chi connectivity index (χ2v) is 7.54. The van der Waals surface area contributed by atoms with Crippen molar-refractivity contribution in [2.75, 3.05) is 25.9 Å². The van der Waals surface area contributed by atoms with Crippen molar-refractivity contribution in [2.24, 2.45) is 5.92 Å². The van der Waals surface area contributed by atoms with Crippen molar-refractivity contribution >= 4 is 11.7 Å². The maximum Gasteiger partial charge on any atom is 0.226 e. The molecule has 2 heterocycles. The summed E-state index contributed by atoms with van der Waals surface area (Å²) in [4.78, 5) is 25.5. The third kappa shape index (κ3) is 3.93. The van der Waals surface area contributed by atoms with E-state index in [1.807, 2.05) is 11.9 Å². The monoisotopic (exact) mass is 369 g/mol. The second-order valence-electron chi connectivity index (χ2n) is 7.54. The highest BCUT2D eigenvalue weighted by Gasteiger charge is 2.47. The number of benzene rings is 1. The van der Waals surface area contributed by atoms with Crippen molar-refractivity contribution in [3.63, 3.8) is 0 Å². The number of nitrogens with zero attached hydrogens (tertiary/aromatic N) is 4. The van der Waals surface area contributed by atoms with E-state index in [9.17, 15) is 9.18 Å². The number of rotatable bonds is 5. The van der Waals surface area contributed by atoms with Crippen molar-refractivity contribution < 1.29 is 9.18 Å². The van der Waals surface area contributed by atoms with Crippen LogP contribution in [0.5, 0.6) is 0 Å². The summed E-state index contributed by atoms with van der Waals surface area (Å²) in [7, 11) is 2.03. The van der Waals surface area contributed by atoms with Gasteiger partial charge in [-0.05, 0) is 49.6 Å². The number of nitrogen functional groups attached to an aromatic ring is 1. The molecule has 1 saturated heterocycles. The predicted molar refractivity (Wildman–Crippen MR) is 100 cm³/mol. The van der Waals surface area contributed by atoms with Crippen LogP contribution in [0.15, 0.2) is 36.5 Å². The van der Waals surface area contributed by atoms with Gasteiger partial charge in [-0.1, -0.05) is 12.1 Å². The third-order valence-corrected chi connectivity index (χ3v) is 5.62.